The van der Waals surface area contributed by atoms with Crippen LogP contribution in [0.3, 0.4) is 0 Å². The Bertz CT molecular complexity index is 663. The number of hydrogen-bond donors (Lipinski definition) is 3. The lowest BCUT2D eigenvalue weighted by molar-refractivity contribution is 0.128. The second-order valence-electron chi connectivity index (χ2n) is 7.31. The first-order valence-corrected chi connectivity index (χ1v) is 8.59. The molecule has 3 N–H and O–H groups in total. The maximum absolute atomic E-state index is 12.1. The fraction of sp³-hybridized carbons (Fsp3) is 0.474. The third-order valence-corrected chi connectivity index (χ3v) is 4.09. The van der Waals surface area contributed by atoms with Crippen LogP contribution in [-0.2, 0) is 0 Å². The van der Waals surface area contributed by atoms with Gasteiger partial charge in [0.2, 0.25) is 0 Å². The Morgan fingerprint density at radius 1 is 1.28 bits per heavy atom. The van der Waals surface area contributed by atoms with Crippen molar-refractivity contribution < 1.29 is 9.90 Å². The Kier molecular flexibility index (Phi) is 6.20. The molecule has 2 unspecified atom stereocenters. The molecular weight excluding hydrogens is 316 g/mol. The van der Waals surface area contributed by atoms with Gasteiger partial charge in [0, 0.05) is 18.9 Å². The maximum atomic E-state index is 12.1. The van der Waals surface area contributed by atoms with Gasteiger partial charge in [-0.2, -0.15) is 5.10 Å². The zero-order valence-electron chi connectivity index (χ0n) is 15.4. The van der Waals surface area contributed by atoms with Gasteiger partial charge in [-0.1, -0.05) is 26.0 Å². The van der Waals surface area contributed by atoms with Crippen LogP contribution < -0.4 is 10.6 Å². The van der Waals surface area contributed by atoms with Gasteiger partial charge in [-0.05, 0) is 49.4 Å². The van der Waals surface area contributed by atoms with E-state index in [-0.39, 0.29) is 23.6 Å². The zero-order valence-corrected chi connectivity index (χ0v) is 15.4. The third-order valence-electron chi connectivity index (χ3n) is 4.09. The second kappa shape index (κ2) is 8.16. The van der Waals surface area contributed by atoms with Crippen LogP contribution >= 0.6 is 0 Å². The molecule has 0 saturated heterocycles. The van der Waals surface area contributed by atoms with Crippen LogP contribution in [0.1, 0.15) is 45.7 Å². The van der Waals surface area contributed by atoms with Gasteiger partial charge in [-0.3, -0.25) is 0 Å². The fourth-order valence-electron chi connectivity index (χ4n) is 2.86. The topological polar surface area (TPSA) is 79.2 Å². The molecule has 0 fully saturated rings. The van der Waals surface area contributed by atoms with Crippen molar-refractivity contribution in [1.82, 2.24) is 20.4 Å². The van der Waals surface area contributed by atoms with Gasteiger partial charge in [-0.25, -0.2) is 9.48 Å². The van der Waals surface area contributed by atoms with E-state index < -0.39 is 0 Å². The van der Waals surface area contributed by atoms with E-state index >= 15 is 0 Å². The normalized spacial score (nSPS) is 14.0. The molecular formula is C19H28N4O2. The Hall–Kier alpha value is -2.34. The molecule has 0 aliphatic heterocycles. The number of aliphatic hydroxyl groups excluding tert-OH is 1. The second-order valence-corrected chi connectivity index (χ2v) is 7.31. The average Bonchev–Trinajstić information content (AvgIpc) is 3.06. The standard InChI is InChI=1S/C19H28N4O2/c1-14(24)12-19(3,4)13-20-18(25)22-15(2)16-6-8-17(9-7-16)23-11-5-10-21-23/h5-11,14-15,24H,12-13H2,1-4H3,(H2,20,22,25). The first-order chi connectivity index (χ1) is 11.8. The molecule has 25 heavy (non-hydrogen) atoms. The summed E-state index contributed by atoms with van der Waals surface area (Å²) in [5, 5.41) is 19.5. The summed E-state index contributed by atoms with van der Waals surface area (Å²) in [6, 6.07) is 9.49. The molecule has 2 aromatic rings. The van der Waals surface area contributed by atoms with Gasteiger partial charge in [0.25, 0.3) is 0 Å². The molecule has 6 nitrogen and oxygen atoms in total. The quantitative estimate of drug-likeness (QED) is 0.722. The van der Waals surface area contributed by atoms with Crippen LogP contribution in [0.25, 0.3) is 5.69 Å². The molecule has 136 valence electrons. The van der Waals surface area contributed by atoms with Crippen molar-refractivity contribution in [3.63, 3.8) is 0 Å². The van der Waals surface area contributed by atoms with E-state index in [1.54, 1.807) is 17.8 Å². The highest BCUT2D eigenvalue weighted by molar-refractivity contribution is 5.74. The Morgan fingerprint density at radius 3 is 2.52 bits per heavy atom. The van der Waals surface area contributed by atoms with Crippen molar-refractivity contribution >= 4 is 6.03 Å². The summed E-state index contributed by atoms with van der Waals surface area (Å²) in [4.78, 5) is 12.1. The van der Waals surface area contributed by atoms with Gasteiger partial charge < -0.3 is 15.7 Å². The van der Waals surface area contributed by atoms with Crippen LogP contribution in [0.4, 0.5) is 4.79 Å². The molecule has 2 atom stereocenters. The van der Waals surface area contributed by atoms with Gasteiger partial charge in [-0.15, -0.1) is 0 Å². The number of carbonyl (C=O) groups is 1. The van der Waals surface area contributed by atoms with E-state index in [1.165, 1.54) is 0 Å². The van der Waals surface area contributed by atoms with Crippen molar-refractivity contribution in [2.75, 3.05) is 6.54 Å². The maximum Gasteiger partial charge on any atom is 0.315 e. The summed E-state index contributed by atoms with van der Waals surface area (Å²) < 4.78 is 1.79. The van der Waals surface area contributed by atoms with Crippen LogP contribution in [0.5, 0.6) is 0 Å². The Labute approximate surface area is 149 Å². The smallest absolute Gasteiger partial charge is 0.315 e. The largest absolute Gasteiger partial charge is 0.393 e. The van der Waals surface area contributed by atoms with Crippen molar-refractivity contribution in [2.24, 2.45) is 5.41 Å². The van der Waals surface area contributed by atoms with E-state index in [0.717, 1.165) is 11.3 Å². The first-order valence-electron chi connectivity index (χ1n) is 8.59. The Balaban J connectivity index is 1.86. The van der Waals surface area contributed by atoms with E-state index in [0.29, 0.717) is 13.0 Å². The van der Waals surface area contributed by atoms with Crippen molar-refractivity contribution in [2.45, 2.75) is 46.3 Å². The summed E-state index contributed by atoms with van der Waals surface area (Å²) in [6.07, 6.45) is 3.88. The van der Waals surface area contributed by atoms with Crippen LogP contribution in [0, 0.1) is 5.41 Å². The molecule has 2 amide bonds. The highest BCUT2D eigenvalue weighted by atomic mass is 16.3. The van der Waals surface area contributed by atoms with E-state index in [9.17, 15) is 9.90 Å². The number of urea groups is 1. The minimum absolute atomic E-state index is 0.105. The molecule has 0 aliphatic rings. The predicted molar refractivity (Wildman–Crippen MR) is 98.6 cm³/mol. The molecule has 0 spiro atoms. The molecule has 2 rings (SSSR count). The number of nitrogens with one attached hydrogen (secondary N) is 2. The number of hydrogen-bond acceptors (Lipinski definition) is 3. The fourth-order valence-corrected chi connectivity index (χ4v) is 2.86. The van der Waals surface area contributed by atoms with Gasteiger partial charge in [0.1, 0.15) is 0 Å². The minimum atomic E-state index is -0.382. The minimum Gasteiger partial charge on any atom is -0.393 e. The van der Waals surface area contributed by atoms with Crippen LogP contribution in [0.15, 0.2) is 42.7 Å². The van der Waals surface area contributed by atoms with Gasteiger partial charge in [0.05, 0.1) is 17.8 Å². The van der Waals surface area contributed by atoms with Crippen molar-refractivity contribution in [3.05, 3.63) is 48.3 Å². The van der Waals surface area contributed by atoms with E-state index in [2.05, 4.69) is 15.7 Å². The number of nitrogens with zero attached hydrogens (tertiary/aromatic N) is 2. The van der Waals surface area contributed by atoms with Crippen molar-refractivity contribution in [1.29, 1.82) is 0 Å². The predicted octanol–water partition coefficient (Wildman–Crippen LogP) is 3.03. The number of rotatable bonds is 7. The number of aliphatic hydroxyl groups is 1. The lowest BCUT2D eigenvalue weighted by atomic mass is 9.87. The number of benzene rings is 1. The summed E-state index contributed by atoms with van der Waals surface area (Å²) in [7, 11) is 0. The summed E-state index contributed by atoms with van der Waals surface area (Å²) in [5.74, 6) is 0. The van der Waals surface area contributed by atoms with E-state index in [1.807, 2.05) is 57.3 Å². The molecule has 0 radical (unpaired) electrons. The molecule has 0 saturated carbocycles. The highest BCUT2D eigenvalue weighted by Gasteiger charge is 2.21. The molecule has 1 aromatic heterocycles. The zero-order chi connectivity index (χ0) is 18.4. The lowest BCUT2D eigenvalue weighted by Crippen LogP contribution is -2.42. The number of carbonyl (C=O) groups excluding carboxylic acids is 1. The van der Waals surface area contributed by atoms with Crippen molar-refractivity contribution in [3.8, 4) is 5.69 Å². The number of aromatic nitrogens is 2. The van der Waals surface area contributed by atoms with Gasteiger partial charge >= 0.3 is 6.03 Å². The van der Waals surface area contributed by atoms with E-state index in [4.69, 9.17) is 0 Å². The summed E-state index contributed by atoms with van der Waals surface area (Å²) in [6.45, 7) is 8.27. The van der Waals surface area contributed by atoms with Crippen LogP contribution in [0.2, 0.25) is 0 Å². The summed E-state index contributed by atoms with van der Waals surface area (Å²) >= 11 is 0. The monoisotopic (exact) mass is 344 g/mol. The molecule has 1 heterocycles. The molecule has 1 aromatic carbocycles. The highest BCUT2D eigenvalue weighted by Crippen LogP contribution is 2.21. The SMILES string of the molecule is CC(O)CC(C)(C)CNC(=O)NC(C)c1ccc(-n2cccn2)cc1. The third kappa shape index (κ3) is 5.90. The molecule has 6 heteroatoms. The molecule has 0 aliphatic carbocycles. The summed E-state index contributed by atoms with van der Waals surface area (Å²) in [5.41, 5.74) is 1.85. The Morgan fingerprint density at radius 2 is 1.96 bits per heavy atom. The van der Waals surface area contributed by atoms with Gasteiger partial charge in [0.15, 0.2) is 0 Å². The number of amides is 2. The van der Waals surface area contributed by atoms with Crippen LogP contribution in [-0.4, -0.2) is 33.6 Å². The lowest BCUT2D eigenvalue weighted by Gasteiger charge is -2.27. The first kappa shape index (κ1) is 19.0. The molecule has 0 bridgehead atoms. The average molecular weight is 344 g/mol.